The van der Waals surface area contributed by atoms with E-state index in [4.69, 9.17) is 16.3 Å². The second kappa shape index (κ2) is 7.83. The normalized spacial score (nSPS) is 12.2. The van der Waals surface area contributed by atoms with Crippen molar-refractivity contribution in [1.29, 1.82) is 0 Å². The molecule has 2 aromatic rings. The van der Waals surface area contributed by atoms with E-state index >= 15 is 0 Å². The van der Waals surface area contributed by atoms with Crippen molar-refractivity contribution in [3.8, 4) is 5.75 Å². The van der Waals surface area contributed by atoms with Crippen molar-refractivity contribution in [2.24, 2.45) is 5.92 Å². The zero-order chi connectivity index (χ0) is 15.2. The van der Waals surface area contributed by atoms with Crippen molar-refractivity contribution in [1.82, 2.24) is 0 Å². The van der Waals surface area contributed by atoms with Gasteiger partial charge in [0.15, 0.2) is 0 Å². The fourth-order valence-corrected chi connectivity index (χ4v) is 3.13. The van der Waals surface area contributed by atoms with E-state index in [2.05, 4.69) is 15.9 Å². The van der Waals surface area contributed by atoms with Gasteiger partial charge in [0.25, 0.3) is 0 Å². The predicted molar refractivity (Wildman–Crippen MR) is 90.1 cm³/mol. The van der Waals surface area contributed by atoms with Crippen molar-refractivity contribution in [3.05, 3.63) is 63.1 Å². The van der Waals surface area contributed by atoms with Crippen molar-refractivity contribution >= 4 is 27.5 Å². The van der Waals surface area contributed by atoms with E-state index in [9.17, 15) is 5.11 Å². The molecule has 0 radical (unpaired) electrons. The molecular formula is C17H18BrClO2. The Morgan fingerprint density at radius 2 is 1.86 bits per heavy atom. The molecular weight excluding hydrogens is 352 g/mol. The van der Waals surface area contributed by atoms with Crippen LogP contribution in [0.2, 0.25) is 5.02 Å². The quantitative estimate of drug-likeness (QED) is 0.812. The topological polar surface area (TPSA) is 29.5 Å². The SMILES string of the molecule is COc1ccccc1CC(CO)Cc1ccc(Br)cc1Cl. The molecule has 0 fully saturated rings. The van der Waals surface area contributed by atoms with Crippen LogP contribution in [0, 0.1) is 5.92 Å². The highest BCUT2D eigenvalue weighted by molar-refractivity contribution is 9.10. The molecule has 0 aromatic heterocycles. The van der Waals surface area contributed by atoms with Crippen LogP contribution in [0.3, 0.4) is 0 Å². The van der Waals surface area contributed by atoms with Crippen LogP contribution in [0.5, 0.6) is 5.75 Å². The van der Waals surface area contributed by atoms with E-state index in [1.54, 1.807) is 7.11 Å². The van der Waals surface area contributed by atoms with Crippen molar-refractivity contribution in [3.63, 3.8) is 0 Å². The standard InChI is InChI=1S/C17H18BrClO2/c1-21-17-5-3-2-4-14(17)9-12(11-20)8-13-6-7-15(18)10-16(13)19/h2-7,10,12,20H,8-9,11H2,1H3. The summed E-state index contributed by atoms with van der Waals surface area (Å²) >= 11 is 9.66. The minimum absolute atomic E-state index is 0.111. The number of aliphatic hydroxyl groups excluding tert-OH is 1. The molecule has 1 atom stereocenters. The Balaban J connectivity index is 2.13. The lowest BCUT2D eigenvalue weighted by Crippen LogP contribution is -2.13. The molecule has 0 spiro atoms. The van der Waals surface area contributed by atoms with Crippen molar-refractivity contribution in [2.45, 2.75) is 12.8 Å². The number of ether oxygens (including phenoxy) is 1. The number of para-hydroxylation sites is 1. The summed E-state index contributed by atoms with van der Waals surface area (Å²) in [5, 5.41) is 10.4. The summed E-state index contributed by atoms with van der Waals surface area (Å²) < 4.78 is 6.33. The van der Waals surface area contributed by atoms with Crippen LogP contribution in [0.1, 0.15) is 11.1 Å². The van der Waals surface area contributed by atoms with Crippen LogP contribution in [-0.2, 0) is 12.8 Å². The summed E-state index contributed by atoms with van der Waals surface area (Å²) in [5.74, 6) is 0.970. The Morgan fingerprint density at radius 1 is 1.14 bits per heavy atom. The molecule has 1 unspecified atom stereocenters. The van der Waals surface area contributed by atoms with Gasteiger partial charge < -0.3 is 9.84 Å². The maximum atomic E-state index is 9.66. The molecule has 0 aliphatic heterocycles. The molecule has 1 N–H and O–H groups in total. The van der Waals surface area contributed by atoms with Crippen LogP contribution in [-0.4, -0.2) is 18.8 Å². The van der Waals surface area contributed by atoms with Crippen LogP contribution in [0.25, 0.3) is 0 Å². The Morgan fingerprint density at radius 3 is 2.52 bits per heavy atom. The van der Waals surface area contributed by atoms with Gasteiger partial charge in [-0.15, -0.1) is 0 Å². The number of benzene rings is 2. The third kappa shape index (κ3) is 4.47. The van der Waals surface area contributed by atoms with Crippen LogP contribution in [0.4, 0.5) is 0 Å². The van der Waals surface area contributed by atoms with Gasteiger partial charge in [-0.3, -0.25) is 0 Å². The third-order valence-corrected chi connectivity index (χ3v) is 4.33. The molecule has 0 heterocycles. The maximum Gasteiger partial charge on any atom is 0.122 e. The van der Waals surface area contributed by atoms with Gasteiger partial charge in [-0.1, -0.05) is 51.8 Å². The lowest BCUT2D eigenvalue weighted by atomic mass is 9.93. The smallest absolute Gasteiger partial charge is 0.122 e. The third-order valence-electron chi connectivity index (χ3n) is 3.48. The largest absolute Gasteiger partial charge is 0.496 e. The number of rotatable bonds is 6. The second-order valence-corrected chi connectivity index (χ2v) is 6.33. The Bertz CT molecular complexity index is 601. The van der Waals surface area contributed by atoms with Crippen LogP contribution in [0.15, 0.2) is 46.9 Å². The molecule has 0 aliphatic carbocycles. The van der Waals surface area contributed by atoms with Crippen LogP contribution >= 0.6 is 27.5 Å². The van der Waals surface area contributed by atoms with Crippen molar-refractivity contribution in [2.75, 3.05) is 13.7 Å². The molecule has 0 bridgehead atoms. The zero-order valence-corrected chi connectivity index (χ0v) is 14.2. The summed E-state index contributed by atoms with van der Waals surface area (Å²) in [5.41, 5.74) is 2.15. The van der Waals surface area contributed by atoms with E-state index < -0.39 is 0 Å². The second-order valence-electron chi connectivity index (χ2n) is 5.00. The number of halogens is 2. The summed E-state index contributed by atoms with van der Waals surface area (Å²) in [6.45, 7) is 0.116. The highest BCUT2D eigenvalue weighted by Crippen LogP contribution is 2.27. The summed E-state index contributed by atoms with van der Waals surface area (Å²) in [7, 11) is 1.67. The number of hydrogen-bond donors (Lipinski definition) is 1. The average molecular weight is 370 g/mol. The molecule has 0 aliphatic rings. The Hall–Kier alpha value is -1.03. The van der Waals surface area contributed by atoms with E-state index in [1.165, 1.54) is 0 Å². The van der Waals surface area contributed by atoms with Gasteiger partial charge in [-0.05, 0) is 48.1 Å². The molecule has 2 nitrogen and oxygen atoms in total. The summed E-state index contributed by atoms with van der Waals surface area (Å²) in [4.78, 5) is 0. The minimum Gasteiger partial charge on any atom is -0.496 e. The number of hydrogen-bond acceptors (Lipinski definition) is 2. The Kier molecular flexibility index (Phi) is 6.09. The molecule has 4 heteroatoms. The van der Waals surface area contributed by atoms with Crippen molar-refractivity contribution < 1.29 is 9.84 Å². The average Bonchev–Trinajstić information content (AvgIpc) is 2.49. The first kappa shape index (κ1) is 16.3. The van der Waals surface area contributed by atoms with Crippen LogP contribution < -0.4 is 4.74 Å². The number of aliphatic hydroxyl groups is 1. The lowest BCUT2D eigenvalue weighted by molar-refractivity contribution is 0.224. The molecule has 0 saturated heterocycles. The molecule has 0 amide bonds. The lowest BCUT2D eigenvalue weighted by Gasteiger charge is -2.17. The minimum atomic E-state index is 0.111. The van der Waals surface area contributed by atoms with Gasteiger partial charge >= 0.3 is 0 Å². The highest BCUT2D eigenvalue weighted by Gasteiger charge is 2.14. The fraction of sp³-hybridized carbons (Fsp3) is 0.294. The van der Waals surface area contributed by atoms with E-state index in [0.717, 1.165) is 39.2 Å². The molecule has 21 heavy (non-hydrogen) atoms. The van der Waals surface area contributed by atoms with Gasteiger partial charge in [0.05, 0.1) is 7.11 Å². The maximum absolute atomic E-state index is 9.66. The van der Waals surface area contributed by atoms with E-state index in [-0.39, 0.29) is 12.5 Å². The summed E-state index contributed by atoms with van der Waals surface area (Å²) in [6.07, 6.45) is 1.49. The molecule has 2 rings (SSSR count). The summed E-state index contributed by atoms with van der Waals surface area (Å²) in [6, 6.07) is 13.8. The first-order valence-corrected chi connectivity index (χ1v) is 7.97. The van der Waals surface area contributed by atoms with Gasteiger partial charge in [0.2, 0.25) is 0 Å². The highest BCUT2D eigenvalue weighted by atomic mass is 79.9. The van der Waals surface area contributed by atoms with Gasteiger partial charge in [-0.2, -0.15) is 0 Å². The van der Waals surface area contributed by atoms with Gasteiger partial charge in [-0.25, -0.2) is 0 Å². The molecule has 0 saturated carbocycles. The zero-order valence-electron chi connectivity index (χ0n) is 11.9. The number of methoxy groups -OCH3 is 1. The van der Waals surface area contributed by atoms with E-state index in [0.29, 0.717) is 0 Å². The first-order valence-electron chi connectivity index (χ1n) is 6.80. The van der Waals surface area contributed by atoms with Gasteiger partial charge in [0.1, 0.15) is 5.75 Å². The van der Waals surface area contributed by atoms with Gasteiger partial charge in [0, 0.05) is 16.1 Å². The first-order chi connectivity index (χ1) is 10.1. The predicted octanol–water partition coefficient (Wildman–Crippen LogP) is 4.50. The monoisotopic (exact) mass is 368 g/mol. The molecule has 2 aromatic carbocycles. The fourth-order valence-electron chi connectivity index (χ4n) is 2.38. The Labute approximate surface area is 138 Å². The molecule has 112 valence electrons. The van der Waals surface area contributed by atoms with E-state index in [1.807, 2.05) is 42.5 Å².